The Balaban J connectivity index is 1.36. The molecule has 0 unspecified atom stereocenters. The zero-order valence-electron chi connectivity index (χ0n) is 14.0. The fraction of sp³-hybridized carbons (Fsp3) is 0.111. The number of fused-ring (bicyclic) bond motifs is 1. The van der Waals surface area contributed by atoms with Crippen molar-refractivity contribution in [1.29, 1.82) is 0 Å². The van der Waals surface area contributed by atoms with Crippen molar-refractivity contribution >= 4 is 11.1 Å². The maximum Gasteiger partial charge on any atom is 0.420 e. The van der Waals surface area contributed by atoms with E-state index in [-0.39, 0.29) is 6.54 Å². The molecule has 9 heteroatoms. The number of para-hydroxylation sites is 2. The molecule has 0 amide bonds. The van der Waals surface area contributed by atoms with E-state index in [1.165, 1.54) is 4.57 Å². The summed E-state index contributed by atoms with van der Waals surface area (Å²) in [7, 11) is 0. The fourth-order valence-electron chi connectivity index (χ4n) is 2.90. The minimum Gasteiger partial charge on any atom is -0.461 e. The van der Waals surface area contributed by atoms with Crippen LogP contribution in [0, 0.1) is 0 Å². The maximum absolute atomic E-state index is 12.1. The summed E-state index contributed by atoms with van der Waals surface area (Å²) in [6.45, 7) is 0.657. The van der Waals surface area contributed by atoms with E-state index < -0.39 is 5.76 Å². The van der Waals surface area contributed by atoms with Gasteiger partial charge in [-0.25, -0.2) is 9.48 Å². The zero-order valence-corrected chi connectivity index (χ0v) is 14.0. The van der Waals surface area contributed by atoms with Crippen molar-refractivity contribution in [2.75, 3.05) is 0 Å². The van der Waals surface area contributed by atoms with Crippen LogP contribution in [0.15, 0.2) is 73.1 Å². The minimum absolute atomic E-state index is 0.270. The van der Waals surface area contributed by atoms with E-state index in [1.54, 1.807) is 41.4 Å². The highest BCUT2D eigenvalue weighted by molar-refractivity contribution is 5.72. The van der Waals surface area contributed by atoms with Crippen LogP contribution in [0.5, 0.6) is 0 Å². The largest absolute Gasteiger partial charge is 0.461 e. The van der Waals surface area contributed by atoms with Crippen molar-refractivity contribution in [3.63, 3.8) is 0 Å². The molecule has 5 rings (SSSR count). The van der Waals surface area contributed by atoms with Gasteiger partial charge in [0.15, 0.2) is 11.3 Å². The predicted molar refractivity (Wildman–Crippen MR) is 92.9 cm³/mol. The SMILES string of the molecule is O=c1oc2ccccc2n1Cc1cn(Cc2cc(-c3ccco3)on2)nn1. The molecular weight excluding hydrogens is 350 g/mol. The van der Waals surface area contributed by atoms with Gasteiger partial charge in [-0.15, -0.1) is 5.10 Å². The van der Waals surface area contributed by atoms with Crippen molar-refractivity contribution < 1.29 is 13.4 Å². The van der Waals surface area contributed by atoms with E-state index in [4.69, 9.17) is 13.4 Å². The first kappa shape index (κ1) is 15.4. The molecule has 4 aromatic heterocycles. The Morgan fingerprint density at radius 3 is 2.81 bits per heavy atom. The smallest absolute Gasteiger partial charge is 0.420 e. The van der Waals surface area contributed by atoms with Gasteiger partial charge in [0.05, 0.1) is 31.1 Å². The first-order valence-corrected chi connectivity index (χ1v) is 8.23. The number of rotatable bonds is 5. The van der Waals surface area contributed by atoms with Crippen molar-refractivity contribution in [2.24, 2.45) is 0 Å². The van der Waals surface area contributed by atoms with Crippen LogP contribution < -0.4 is 5.76 Å². The number of oxazole rings is 1. The Morgan fingerprint density at radius 2 is 1.93 bits per heavy atom. The predicted octanol–water partition coefficient (Wildman–Crippen LogP) is 2.53. The van der Waals surface area contributed by atoms with E-state index in [0.29, 0.717) is 35.0 Å². The molecular formula is C18H13N5O4. The summed E-state index contributed by atoms with van der Waals surface area (Å²) in [6, 6.07) is 12.6. The van der Waals surface area contributed by atoms with Crippen LogP contribution in [0.4, 0.5) is 0 Å². The summed E-state index contributed by atoms with van der Waals surface area (Å²) in [4.78, 5) is 12.1. The van der Waals surface area contributed by atoms with Gasteiger partial charge < -0.3 is 13.4 Å². The lowest BCUT2D eigenvalue weighted by molar-refractivity contribution is 0.407. The molecule has 0 spiro atoms. The summed E-state index contributed by atoms with van der Waals surface area (Å²) < 4.78 is 18.9. The lowest BCUT2D eigenvalue weighted by Gasteiger charge is -1.97. The number of hydrogen-bond acceptors (Lipinski definition) is 7. The number of hydrogen-bond donors (Lipinski definition) is 0. The normalized spacial score (nSPS) is 11.4. The molecule has 5 aromatic rings. The Hall–Kier alpha value is -3.88. The molecule has 0 atom stereocenters. The standard InChI is InChI=1S/C18H13N5O4/c24-18-23(14-4-1-2-5-15(14)26-18)11-13-10-22(21-19-13)9-12-8-17(27-20-12)16-6-3-7-25-16/h1-8,10H,9,11H2. The minimum atomic E-state index is -0.426. The van der Waals surface area contributed by atoms with Gasteiger partial charge in [0.25, 0.3) is 0 Å². The molecule has 0 aliphatic heterocycles. The van der Waals surface area contributed by atoms with Crippen LogP contribution in [0.3, 0.4) is 0 Å². The molecule has 9 nitrogen and oxygen atoms in total. The molecule has 0 N–H and O–H groups in total. The van der Waals surface area contributed by atoms with E-state index in [0.717, 1.165) is 5.52 Å². The second kappa shape index (κ2) is 6.13. The molecule has 0 fully saturated rings. The van der Waals surface area contributed by atoms with Crippen LogP contribution in [0.2, 0.25) is 0 Å². The Bertz CT molecular complexity index is 1260. The van der Waals surface area contributed by atoms with Gasteiger partial charge >= 0.3 is 5.76 Å². The van der Waals surface area contributed by atoms with Crippen LogP contribution >= 0.6 is 0 Å². The molecule has 0 saturated heterocycles. The average molecular weight is 363 g/mol. The highest BCUT2D eigenvalue weighted by Gasteiger charge is 2.13. The van der Waals surface area contributed by atoms with Gasteiger partial charge in [0.1, 0.15) is 11.4 Å². The first-order chi connectivity index (χ1) is 13.3. The number of aromatic nitrogens is 5. The van der Waals surface area contributed by atoms with Gasteiger partial charge in [0.2, 0.25) is 5.76 Å². The first-order valence-electron chi connectivity index (χ1n) is 8.23. The summed E-state index contributed by atoms with van der Waals surface area (Å²) >= 11 is 0. The van der Waals surface area contributed by atoms with E-state index in [2.05, 4.69) is 15.5 Å². The van der Waals surface area contributed by atoms with Gasteiger partial charge in [-0.3, -0.25) is 4.57 Å². The molecule has 0 bridgehead atoms. The monoisotopic (exact) mass is 363 g/mol. The van der Waals surface area contributed by atoms with Crippen LogP contribution in [0.25, 0.3) is 22.6 Å². The van der Waals surface area contributed by atoms with Crippen molar-refractivity contribution in [3.8, 4) is 11.5 Å². The third-order valence-electron chi connectivity index (χ3n) is 4.13. The van der Waals surface area contributed by atoms with E-state index in [9.17, 15) is 4.79 Å². The lowest BCUT2D eigenvalue weighted by Crippen LogP contribution is -2.15. The second-order valence-electron chi connectivity index (χ2n) is 5.99. The fourth-order valence-corrected chi connectivity index (χ4v) is 2.90. The molecule has 0 aliphatic rings. The van der Waals surface area contributed by atoms with E-state index >= 15 is 0 Å². The number of benzene rings is 1. The highest BCUT2D eigenvalue weighted by Crippen LogP contribution is 2.20. The van der Waals surface area contributed by atoms with Gasteiger partial charge in [-0.2, -0.15) is 0 Å². The highest BCUT2D eigenvalue weighted by atomic mass is 16.5. The summed E-state index contributed by atoms with van der Waals surface area (Å²) in [5, 5.41) is 12.2. The Kier molecular flexibility index (Phi) is 3.49. The molecule has 27 heavy (non-hydrogen) atoms. The maximum atomic E-state index is 12.1. The topological polar surface area (TPSA) is 105 Å². The third-order valence-corrected chi connectivity index (χ3v) is 4.13. The number of nitrogens with zero attached hydrogens (tertiary/aromatic N) is 5. The summed E-state index contributed by atoms with van der Waals surface area (Å²) in [5.74, 6) is 0.733. The zero-order chi connectivity index (χ0) is 18.2. The van der Waals surface area contributed by atoms with Gasteiger partial charge in [0, 0.05) is 6.07 Å². The summed E-state index contributed by atoms with van der Waals surface area (Å²) in [6.07, 6.45) is 3.33. The Morgan fingerprint density at radius 1 is 1.00 bits per heavy atom. The molecule has 0 saturated carbocycles. The van der Waals surface area contributed by atoms with Gasteiger partial charge in [-0.05, 0) is 24.3 Å². The van der Waals surface area contributed by atoms with Crippen LogP contribution in [0.1, 0.15) is 11.4 Å². The van der Waals surface area contributed by atoms with Crippen molar-refractivity contribution in [1.82, 2.24) is 24.7 Å². The van der Waals surface area contributed by atoms with Crippen molar-refractivity contribution in [3.05, 3.63) is 76.9 Å². The quantitative estimate of drug-likeness (QED) is 0.472. The molecule has 4 heterocycles. The molecule has 1 aromatic carbocycles. The van der Waals surface area contributed by atoms with Crippen LogP contribution in [-0.2, 0) is 13.1 Å². The molecule has 134 valence electrons. The average Bonchev–Trinajstić information content (AvgIpc) is 3.45. The lowest BCUT2D eigenvalue weighted by atomic mass is 10.3. The van der Waals surface area contributed by atoms with Crippen molar-refractivity contribution in [2.45, 2.75) is 13.1 Å². The number of furan rings is 1. The Labute approximate surface area is 151 Å². The molecule has 0 aliphatic carbocycles. The van der Waals surface area contributed by atoms with Gasteiger partial charge in [-0.1, -0.05) is 22.5 Å². The second-order valence-corrected chi connectivity index (χ2v) is 5.99. The van der Waals surface area contributed by atoms with Crippen LogP contribution in [-0.4, -0.2) is 24.7 Å². The molecule has 0 radical (unpaired) electrons. The van der Waals surface area contributed by atoms with E-state index in [1.807, 2.05) is 18.2 Å². The third kappa shape index (κ3) is 2.84. The summed E-state index contributed by atoms with van der Waals surface area (Å²) in [5.41, 5.74) is 2.58.